The van der Waals surface area contributed by atoms with E-state index in [1.54, 1.807) is 18.4 Å². The maximum absolute atomic E-state index is 13.3. The van der Waals surface area contributed by atoms with Crippen LogP contribution in [-0.4, -0.2) is 33.8 Å². The molecule has 1 atom stereocenters. The van der Waals surface area contributed by atoms with Gasteiger partial charge in [-0.2, -0.15) is 0 Å². The Labute approximate surface area is 176 Å². The molecule has 0 bridgehead atoms. The van der Waals surface area contributed by atoms with E-state index in [0.717, 1.165) is 0 Å². The summed E-state index contributed by atoms with van der Waals surface area (Å²) in [7, 11) is 0. The van der Waals surface area contributed by atoms with Gasteiger partial charge in [-0.3, -0.25) is 9.36 Å². The van der Waals surface area contributed by atoms with E-state index in [-0.39, 0.29) is 18.1 Å². The third-order valence-electron chi connectivity index (χ3n) is 4.24. The number of ether oxygens (including phenoxy) is 1. The fourth-order valence-corrected chi connectivity index (χ4v) is 3.22. The van der Waals surface area contributed by atoms with E-state index in [9.17, 15) is 18.4 Å². The zero-order valence-electron chi connectivity index (χ0n) is 16.3. The molecule has 6 nitrogen and oxygen atoms in total. The molecule has 0 spiro atoms. The number of halogens is 2. The van der Waals surface area contributed by atoms with Gasteiger partial charge < -0.3 is 10.1 Å². The number of amides is 1. The average molecular weight is 431 g/mol. The fraction of sp³-hybridized carbons (Fsp3) is 0.190. The standard InChI is InChI=1S/C21H19F2N3O3S/c1-13(19(27)24-11-14-3-5-15(22)6-4-14)29-20(28)18-12-25-21(30-2)26(18)17-9-7-16(23)8-10-17/h3-10,12-13H,11H2,1-2H3,(H,24,27). The number of nitrogens with zero attached hydrogens (tertiary/aromatic N) is 2. The van der Waals surface area contributed by atoms with Crippen LogP contribution in [0.4, 0.5) is 8.78 Å². The van der Waals surface area contributed by atoms with E-state index in [1.165, 1.54) is 65.8 Å². The van der Waals surface area contributed by atoms with Crippen molar-refractivity contribution in [2.24, 2.45) is 0 Å². The third kappa shape index (κ3) is 5.04. The molecule has 1 unspecified atom stereocenters. The van der Waals surface area contributed by atoms with Crippen molar-refractivity contribution in [1.82, 2.24) is 14.9 Å². The van der Waals surface area contributed by atoms with Crippen LogP contribution in [0.25, 0.3) is 5.69 Å². The Morgan fingerprint density at radius 3 is 2.30 bits per heavy atom. The van der Waals surface area contributed by atoms with Gasteiger partial charge in [-0.15, -0.1) is 0 Å². The van der Waals surface area contributed by atoms with Crippen molar-refractivity contribution < 1.29 is 23.1 Å². The molecule has 1 heterocycles. The van der Waals surface area contributed by atoms with Gasteiger partial charge >= 0.3 is 5.97 Å². The summed E-state index contributed by atoms with van der Waals surface area (Å²) in [5.41, 5.74) is 1.37. The molecule has 9 heteroatoms. The summed E-state index contributed by atoms with van der Waals surface area (Å²) >= 11 is 1.31. The van der Waals surface area contributed by atoms with E-state index in [2.05, 4.69) is 10.3 Å². The number of aromatic nitrogens is 2. The summed E-state index contributed by atoms with van der Waals surface area (Å²) < 4.78 is 33.0. The number of thioether (sulfide) groups is 1. The van der Waals surface area contributed by atoms with Crippen LogP contribution in [0.1, 0.15) is 23.0 Å². The monoisotopic (exact) mass is 431 g/mol. The molecule has 3 aromatic rings. The molecule has 1 N–H and O–H groups in total. The summed E-state index contributed by atoms with van der Waals surface area (Å²) in [4.78, 5) is 29.1. The van der Waals surface area contributed by atoms with Gasteiger partial charge in [-0.05, 0) is 55.1 Å². The zero-order valence-corrected chi connectivity index (χ0v) is 17.1. The molecule has 1 amide bonds. The minimum atomic E-state index is -1.06. The van der Waals surface area contributed by atoms with Crippen LogP contribution in [-0.2, 0) is 16.1 Å². The van der Waals surface area contributed by atoms with Crippen LogP contribution < -0.4 is 5.32 Å². The Kier molecular flexibility index (Phi) is 6.83. The smallest absolute Gasteiger partial charge is 0.357 e. The Morgan fingerprint density at radius 1 is 1.10 bits per heavy atom. The first kappa shape index (κ1) is 21.5. The molecule has 3 rings (SSSR count). The molecule has 0 saturated heterocycles. The minimum absolute atomic E-state index is 0.115. The largest absolute Gasteiger partial charge is 0.448 e. The molecule has 0 aliphatic heterocycles. The lowest BCUT2D eigenvalue weighted by atomic mass is 10.2. The molecule has 0 aliphatic rings. The lowest BCUT2D eigenvalue weighted by Gasteiger charge is -2.15. The van der Waals surface area contributed by atoms with Gasteiger partial charge in [0, 0.05) is 12.2 Å². The lowest BCUT2D eigenvalue weighted by Crippen LogP contribution is -2.35. The second-order valence-electron chi connectivity index (χ2n) is 6.33. The first-order chi connectivity index (χ1) is 14.4. The van der Waals surface area contributed by atoms with Gasteiger partial charge in [0.05, 0.1) is 6.20 Å². The second kappa shape index (κ2) is 9.53. The average Bonchev–Trinajstić information content (AvgIpc) is 3.18. The van der Waals surface area contributed by atoms with Crippen molar-refractivity contribution in [3.8, 4) is 5.69 Å². The Balaban J connectivity index is 1.69. The predicted molar refractivity (Wildman–Crippen MR) is 108 cm³/mol. The molecule has 156 valence electrons. The second-order valence-corrected chi connectivity index (χ2v) is 7.11. The summed E-state index contributed by atoms with van der Waals surface area (Å²) in [6.07, 6.45) is 2.08. The quantitative estimate of drug-likeness (QED) is 0.456. The van der Waals surface area contributed by atoms with Crippen LogP contribution in [0, 0.1) is 11.6 Å². The first-order valence-corrected chi connectivity index (χ1v) is 10.2. The minimum Gasteiger partial charge on any atom is -0.448 e. The SMILES string of the molecule is CSc1ncc(C(=O)OC(C)C(=O)NCc2ccc(F)cc2)n1-c1ccc(F)cc1. The van der Waals surface area contributed by atoms with Gasteiger partial charge in [0.15, 0.2) is 17.0 Å². The van der Waals surface area contributed by atoms with Crippen molar-refractivity contribution in [2.75, 3.05) is 6.26 Å². The van der Waals surface area contributed by atoms with Crippen molar-refractivity contribution in [2.45, 2.75) is 24.7 Å². The normalized spacial score (nSPS) is 11.7. The van der Waals surface area contributed by atoms with E-state index < -0.39 is 23.8 Å². The van der Waals surface area contributed by atoms with Gasteiger partial charge in [0.1, 0.15) is 11.6 Å². The number of imidazole rings is 1. The first-order valence-electron chi connectivity index (χ1n) is 9.00. The van der Waals surface area contributed by atoms with Crippen molar-refractivity contribution in [1.29, 1.82) is 0 Å². The highest BCUT2D eigenvalue weighted by molar-refractivity contribution is 7.98. The molecular weight excluding hydrogens is 412 g/mol. The highest BCUT2D eigenvalue weighted by atomic mass is 32.2. The number of benzene rings is 2. The maximum atomic E-state index is 13.3. The van der Waals surface area contributed by atoms with Crippen molar-refractivity contribution >= 4 is 23.6 Å². The Hall–Kier alpha value is -3.20. The number of carbonyl (C=O) groups excluding carboxylic acids is 2. The van der Waals surface area contributed by atoms with E-state index in [4.69, 9.17) is 4.74 Å². The van der Waals surface area contributed by atoms with Gasteiger partial charge in [-0.25, -0.2) is 18.6 Å². The number of hydrogen-bond donors (Lipinski definition) is 1. The summed E-state index contributed by atoms with van der Waals surface area (Å²) in [6.45, 7) is 1.62. The number of carbonyl (C=O) groups is 2. The molecule has 2 aromatic carbocycles. The van der Waals surface area contributed by atoms with Crippen LogP contribution in [0.2, 0.25) is 0 Å². The van der Waals surface area contributed by atoms with Crippen LogP contribution in [0.5, 0.6) is 0 Å². The lowest BCUT2D eigenvalue weighted by molar-refractivity contribution is -0.129. The molecule has 0 radical (unpaired) electrons. The number of hydrogen-bond acceptors (Lipinski definition) is 5. The topological polar surface area (TPSA) is 73.2 Å². The molecule has 0 aliphatic carbocycles. The van der Waals surface area contributed by atoms with Crippen molar-refractivity contribution in [3.63, 3.8) is 0 Å². The molecular formula is C21H19F2N3O3S. The zero-order chi connectivity index (χ0) is 21.7. The highest BCUT2D eigenvalue weighted by Gasteiger charge is 2.23. The van der Waals surface area contributed by atoms with E-state index in [0.29, 0.717) is 16.4 Å². The van der Waals surface area contributed by atoms with E-state index in [1.807, 2.05) is 0 Å². The number of esters is 1. The molecule has 1 aromatic heterocycles. The summed E-state index contributed by atoms with van der Waals surface area (Å²) in [5, 5.41) is 3.15. The van der Waals surface area contributed by atoms with Gasteiger partial charge in [-0.1, -0.05) is 23.9 Å². The maximum Gasteiger partial charge on any atom is 0.357 e. The van der Waals surface area contributed by atoms with Crippen LogP contribution >= 0.6 is 11.8 Å². The molecule has 0 fully saturated rings. The predicted octanol–water partition coefficient (Wildman–Crippen LogP) is 3.73. The van der Waals surface area contributed by atoms with Gasteiger partial charge in [0.25, 0.3) is 5.91 Å². The van der Waals surface area contributed by atoms with Crippen LogP contribution in [0.3, 0.4) is 0 Å². The van der Waals surface area contributed by atoms with E-state index >= 15 is 0 Å². The Morgan fingerprint density at radius 2 is 1.70 bits per heavy atom. The number of nitrogens with one attached hydrogen (secondary N) is 1. The summed E-state index contributed by atoms with van der Waals surface area (Å²) in [6, 6.07) is 11.3. The number of rotatable bonds is 7. The third-order valence-corrected chi connectivity index (χ3v) is 4.89. The Bertz CT molecular complexity index is 1040. The van der Waals surface area contributed by atoms with Crippen molar-refractivity contribution in [3.05, 3.63) is 77.6 Å². The molecule has 0 saturated carbocycles. The highest BCUT2D eigenvalue weighted by Crippen LogP contribution is 2.23. The van der Waals surface area contributed by atoms with Gasteiger partial charge in [0.2, 0.25) is 0 Å². The molecule has 30 heavy (non-hydrogen) atoms. The fourth-order valence-electron chi connectivity index (χ4n) is 2.67. The van der Waals surface area contributed by atoms with Crippen LogP contribution in [0.15, 0.2) is 59.9 Å². The summed E-state index contributed by atoms with van der Waals surface area (Å²) in [5.74, 6) is -2.00.